The Kier molecular flexibility index (Phi) is 9.57. The fraction of sp³-hybridized carbons (Fsp3) is 0.121. The predicted molar refractivity (Wildman–Crippen MR) is 151 cm³/mol. The van der Waals surface area contributed by atoms with Crippen molar-refractivity contribution in [3.63, 3.8) is 0 Å². The molecule has 4 aromatic rings. The number of Topliss-reactive ketones (excluding diaryl/α,β-unsaturated/α-hetero) is 1. The zero-order valence-corrected chi connectivity index (χ0v) is 22.8. The zero-order chi connectivity index (χ0) is 30.1. The van der Waals surface area contributed by atoms with Gasteiger partial charge >= 0.3 is 23.9 Å². The van der Waals surface area contributed by atoms with Gasteiger partial charge in [-0.2, -0.15) is 0 Å². The Bertz CT molecular complexity index is 1610. The van der Waals surface area contributed by atoms with Gasteiger partial charge in [0.05, 0.1) is 34.4 Å². The van der Waals surface area contributed by atoms with Crippen molar-refractivity contribution in [2.75, 3.05) is 6.61 Å². The minimum atomic E-state index is -0.933. The lowest BCUT2D eigenvalue weighted by molar-refractivity contribution is 0.0497. The highest BCUT2D eigenvalue weighted by molar-refractivity contribution is 6.10. The van der Waals surface area contributed by atoms with Gasteiger partial charge in [-0.1, -0.05) is 61.5 Å². The summed E-state index contributed by atoms with van der Waals surface area (Å²) in [6, 6.07) is 24.7. The predicted octanol–water partition coefficient (Wildman–Crippen LogP) is 6.11. The Labute approximate surface area is 241 Å². The molecule has 0 N–H and O–H groups in total. The summed E-state index contributed by atoms with van der Waals surface area (Å²) in [6.45, 7) is 2.95. The normalized spacial score (nSPS) is 10.3. The summed E-state index contributed by atoms with van der Waals surface area (Å²) in [5.74, 6) is -5.90. The van der Waals surface area contributed by atoms with E-state index in [2.05, 4.69) is 0 Å². The molecule has 212 valence electrons. The molecular formula is C33H26O9. The van der Waals surface area contributed by atoms with Gasteiger partial charge in [-0.15, -0.1) is 0 Å². The van der Waals surface area contributed by atoms with Crippen LogP contribution in [0.25, 0.3) is 0 Å². The van der Waals surface area contributed by atoms with Gasteiger partial charge in [-0.3, -0.25) is 4.79 Å². The van der Waals surface area contributed by atoms with Crippen molar-refractivity contribution in [2.24, 2.45) is 0 Å². The molecule has 0 fully saturated rings. The van der Waals surface area contributed by atoms with Crippen LogP contribution in [0.15, 0.2) is 97.1 Å². The molecular weight excluding hydrogens is 540 g/mol. The van der Waals surface area contributed by atoms with Gasteiger partial charge in [0.2, 0.25) is 5.75 Å². The molecule has 0 atom stereocenters. The number of ether oxygens (including phenoxy) is 4. The van der Waals surface area contributed by atoms with Crippen LogP contribution in [0.2, 0.25) is 0 Å². The number of esters is 4. The maximum absolute atomic E-state index is 13.2. The fourth-order valence-electron chi connectivity index (χ4n) is 3.85. The van der Waals surface area contributed by atoms with Crippen LogP contribution >= 0.6 is 0 Å². The molecule has 0 heterocycles. The number of ketones is 1. The summed E-state index contributed by atoms with van der Waals surface area (Å²) in [4.78, 5) is 65.6. The van der Waals surface area contributed by atoms with E-state index in [4.69, 9.17) is 18.9 Å². The van der Waals surface area contributed by atoms with E-state index in [0.29, 0.717) is 6.42 Å². The van der Waals surface area contributed by atoms with Crippen molar-refractivity contribution in [3.8, 4) is 17.2 Å². The SMILES string of the molecule is CCCOC(=O)c1cc(OC(=O)c2ccccc2)c(OC(=O)c2ccccc2)c(OC(=O)c2ccccc2)c1C(C)=O. The van der Waals surface area contributed by atoms with E-state index in [1.54, 1.807) is 61.5 Å². The number of carbonyl (C=O) groups excluding carboxylic acids is 5. The Morgan fingerprint density at radius 3 is 1.43 bits per heavy atom. The van der Waals surface area contributed by atoms with Crippen LogP contribution in [0.4, 0.5) is 0 Å². The summed E-state index contributed by atoms with van der Waals surface area (Å²) in [5.41, 5.74) is -0.368. The molecule has 9 heteroatoms. The smallest absolute Gasteiger partial charge is 0.343 e. The molecule has 4 aromatic carbocycles. The summed E-state index contributed by atoms with van der Waals surface area (Å²) in [6.07, 6.45) is 0.486. The first-order chi connectivity index (χ1) is 20.3. The lowest BCUT2D eigenvalue weighted by Crippen LogP contribution is -2.20. The minimum absolute atomic E-state index is 0.0270. The average molecular weight is 567 g/mol. The monoisotopic (exact) mass is 566 g/mol. The first-order valence-corrected chi connectivity index (χ1v) is 13.0. The van der Waals surface area contributed by atoms with Gasteiger partial charge in [-0.25, -0.2) is 19.2 Å². The molecule has 0 aliphatic rings. The van der Waals surface area contributed by atoms with E-state index in [9.17, 15) is 24.0 Å². The Balaban J connectivity index is 1.94. The largest absolute Gasteiger partial charge is 0.462 e. The van der Waals surface area contributed by atoms with Crippen molar-refractivity contribution in [3.05, 3.63) is 125 Å². The summed E-state index contributed by atoms with van der Waals surface area (Å²) < 4.78 is 22.2. The Morgan fingerprint density at radius 1 is 0.571 bits per heavy atom. The second kappa shape index (κ2) is 13.7. The second-order valence-electron chi connectivity index (χ2n) is 8.91. The van der Waals surface area contributed by atoms with Crippen LogP contribution in [0.1, 0.15) is 72.1 Å². The van der Waals surface area contributed by atoms with Gasteiger partial charge in [-0.05, 0) is 49.7 Å². The van der Waals surface area contributed by atoms with Gasteiger partial charge in [0.1, 0.15) is 0 Å². The van der Waals surface area contributed by atoms with Gasteiger partial charge < -0.3 is 18.9 Å². The van der Waals surface area contributed by atoms with Crippen LogP contribution in [-0.4, -0.2) is 36.3 Å². The Morgan fingerprint density at radius 2 is 1.00 bits per heavy atom. The van der Waals surface area contributed by atoms with Crippen molar-refractivity contribution >= 4 is 29.7 Å². The van der Waals surface area contributed by atoms with E-state index >= 15 is 0 Å². The maximum atomic E-state index is 13.2. The van der Waals surface area contributed by atoms with Crippen LogP contribution < -0.4 is 14.2 Å². The second-order valence-corrected chi connectivity index (χ2v) is 8.91. The molecule has 0 saturated carbocycles. The number of carbonyl (C=O) groups is 5. The first-order valence-electron chi connectivity index (χ1n) is 13.0. The molecule has 0 spiro atoms. The zero-order valence-electron chi connectivity index (χ0n) is 22.8. The molecule has 0 bridgehead atoms. The summed E-state index contributed by atoms with van der Waals surface area (Å²) in [7, 11) is 0. The van der Waals surface area contributed by atoms with E-state index < -0.39 is 52.5 Å². The van der Waals surface area contributed by atoms with Crippen molar-refractivity contribution in [1.82, 2.24) is 0 Å². The molecule has 0 aliphatic heterocycles. The van der Waals surface area contributed by atoms with Crippen LogP contribution in [0.3, 0.4) is 0 Å². The quantitative estimate of drug-likeness (QED) is 0.127. The van der Waals surface area contributed by atoms with Crippen molar-refractivity contribution < 1.29 is 42.9 Å². The van der Waals surface area contributed by atoms with Gasteiger partial charge in [0, 0.05) is 6.07 Å². The topological polar surface area (TPSA) is 122 Å². The molecule has 42 heavy (non-hydrogen) atoms. The molecule has 0 aliphatic carbocycles. The lowest BCUT2D eigenvalue weighted by Gasteiger charge is -2.19. The maximum Gasteiger partial charge on any atom is 0.343 e. The molecule has 4 rings (SSSR count). The number of benzene rings is 4. The third-order valence-corrected chi connectivity index (χ3v) is 5.83. The molecule has 0 unspecified atom stereocenters. The van der Waals surface area contributed by atoms with Crippen LogP contribution in [0.5, 0.6) is 17.2 Å². The third-order valence-electron chi connectivity index (χ3n) is 5.83. The highest BCUT2D eigenvalue weighted by Gasteiger charge is 2.32. The third kappa shape index (κ3) is 6.95. The number of rotatable bonds is 10. The molecule has 9 nitrogen and oxygen atoms in total. The van der Waals surface area contributed by atoms with Crippen molar-refractivity contribution in [2.45, 2.75) is 20.3 Å². The highest BCUT2D eigenvalue weighted by atomic mass is 16.6. The van der Waals surface area contributed by atoms with Crippen LogP contribution in [-0.2, 0) is 4.74 Å². The highest BCUT2D eigenvalue weighted by Crippen LogP contribution is 2.44. The molecule has 0 amide bonds. The van der Waals surface area contributed by atoms with Crippen LogP contribution in [0, 0.1) is 0 Å². The Hall–Kier alpha value is -5.57. The van der Waals surface area contributed by atoms with Gasteiger partial charge in [0.25, 0.3) is 0 Å². The summed E-state index contributed by atoms with van der Waals surface area (Å²) in [5, 5.41) is 0. The standard InChI is InChI=1S/C33H26O9/c1-3-19-39-33(38)25-20-26(40-30(35)22-13-7-4-8-14-22)28(41-31(36)23-15-9-5-10-16-23)29(27(25)21(2)34)42-32(37)24-17-11-6-12-18-24/h4-18,20H,3,19H2,1-2H3. The summed E-state index contributed by atoms with van der Waals surface area (Å²) >= 11 is 0. The van der Waals surface area contributed by atoms with E-state index in [-0.39, 0.29) is 28.9 Å². The average Bonchev–Trinajstić information content (AvgIpc) is 3.02. The molecule has 0 aromatic heterocycles. The fourth-order valence-corrected chi connectivity index (χ4v) is 3.85. The van der Waals surface area contributed by atoms with E-state index in [0.717, 1.165) is 13.0 Å². The first kappa shape index (κ1) is 29.4. The van der Waals surface area contributed by atoms with Crippen molar-refractivity contribution in [1.29, 1.82) is 0 Å². The van der Waals surface area contributed by atoms with E-state index in [1.807, 2.05) is 0 Å². The molecule has 0 radical (unpaired) electrons. The van der Waals surface area contributed by atoms with Gasteiger partial charge in [0.15, 0.2) is 17.3 Å². The number of hydrogen-bond donors (Lipinski definition) is 0. The lowest BCUT2D eigenvalue weighted by atomic mass is 10.0. The minimum Gasteiger partial charge on any atom is -0.462 e. The molecule has 0 saturated heterocycles. The van der Waals surface area contributed by atoms with E-state index in [1.165, 1.54) is 36.4 Å². The number of hydrogen-bond acceptors (Lipinski definition) is 9.